The molecule has 2 aliphatic heterocycles. The summed E-state index contributed by atoms with van der Waals surface area (Å²) in [6.07, 6.45) is 4.04. The van der Waals surface area contributed by atoms with Gasteiger partial charge in [-0.2, -0.15) is 5.10 Å². The molecule has 1 aromatic carbocycles. The van der Waals surface area contributed by atoms with Gasteiger partial charge in [-0.05, 0) is 24.1 Å². The molecule has 0 bridgehead atoms. The zero-order valence-electron chi connectivity index (χ0n) is 14.3. The molecule has 0 amide bonds. The number of methoxy groups -OCH3 is 2. The Morgan fingerprint density at radius 1 is 1.12 bits per heavy atom. The molecule has 0 spiro atoms. The number of pyridine rings is 1. The largest absolute Gasteiger partial charge is 0.469 e. The molecule has 0 fully saturated rings. The standard InChI is InChI=1S/C18H17N3O5/c1-25-15(22)8-5-11-3-6-12(7-4-11)21-9-13-16(19-20-17(13)23)14(10-21)18(24)26-2/h3-4,6-7,9-10H,5,8H2,1-2H3,(H,20,23). The molecule has 0 aliphatic carbocycles. The smallest absolute Gasteiger partial charge is 0.341 e. The molecular weight excluding hydrogens is 338 g/mol. The van der Waals surface area contributed by atoms with E-state index in [9.17, 15) is 14.4 Å². The number of aromatic nitrogens is 3. The van der Waals surface area contributed by atoms with Gasteiger partial charge in [0.25, 0.3) is 5.56 Å². The van der Waals surface area contributed by atoms with Crippen LogP contribution in [-0.2, 0) is 20.7 Å². The summed E-state index contributed by atoms with van der Waals surface area (Å²) in [6, 6.07) is 7.43. The van der Waals surface area contributed by atoms with Crippen LogP contribution in [0.3, 0.4) is 0 Å². The lowest BCUT2D eigenvalue weighted by Gasteiger charge is -2.12. The number of carbonyl (C=O) groups is 2. The zero-order chi connectivity index (χ0) is 18.7. The number of hydrogen-bond donors (Lipinski definition) is 1. The number of aryl methyl sites for hydroxylation is 1. The van der Waals surface area contributed by atoms with Gasteiger partial charge in [-0.15, -0.1) is 0 Å². The highest BCUT2D eigenvalue weighted by Crippen LogP contribution is 2.23. The molecule has 1 aromatic rings. The Morgan fingerprint density at radius 3 is 2.50 bits per heavy atom. The van der Waals surface area contributed by atoms with Crippen LogP contribution in [0, 0.1) is 0 Å². The normalized spacial score (nSPS) is 10.7. The van der Waals surface area contributed by atoms with Gasteiger partial charge in [0, 0.05) is 24.5 Å². The van der Waals surface area contributed by atoms with Crippen molar-refractivity contribution in [1.29, 1.82) is 0 Å². The minimum atomic E-state index is -0.578. The number of esters is 2. The number of rotatable bonds is 5. The van der Waals surface area contributed by atoms with E-state index >= 15 is 0 Å². The van der Waals surface area contributed by atoms with Crippen LogP contribution in [0.25, 0.3) is 16.9 Å². The van der Waals surface area contributed by atoms with Crippen LogP contribution in [-0.4, -0.2) is 40.9 Å². The van der Waals surface area contributed by atoms with Gasteiger partial charge in [-0.1, -0.05) is 12.1 Å². The summed E-state index contributed by atoms with van der Waals surface area (Å²) in [4.78, 5) is 35.2. The molecule has 0 aromatic heterocycles. The van der Waals surface area contributed by atoms with Crippen LogP contribution in [0.1, 0.15) is 22.3 Å². The van der Waals surface area contributed by atoms with Crippen molar-refractivity contribution in [1.82, 2.24) is 14.8 Å². The third-order valence-electron chi connectivity index (χ3n) is 4.05. The Kier molecular flexibility index (Phi) is 4.83. The van der Waals surface area contributed by atoms with Gasteiger partial charge in [0.1, 0.15) is 11.3 Å². The van der Waals surface area contributed by atoms with E-state index in [0.717, 1.165) is 11.3 Å². The van der Waals surface area contributed by atoms with Crippen molar-refractivity contribution < 1.29 is 19.1 Å². The minimum absolute atomic E-state index is 0.193. The maximum atomic E-state index is 12.0. The number of nitrogens with one attached hydrogen (secondary N) is 1. The Bertz CT molecular complexity index is 971. The number of carbonyl (C=O) groups excluding carboxylic acids is 2. The van der Waals surface area contributed by atoms with Gasteiger partial charge in [-0.3, -0.25) is 9.59 Å². The summed E-state index contributed by atoms with van der Waals surface area (Å²) in [7, 11) is 2.63. The maximum absolute atomic E-state index is 12.0. The molecule has 0 radical (unpaired) electrons. The minimum Gasteiger partial charge on any atom is -0.469 e. The molecule has 26 heavy (non-hydrogen) atoms. The van der Waals surface area contributed by atoms with Crippen molar-refractivity contribution in [2.24, 2.45) is 0 Å². The van der Waals surface area contributed by atoms with E-state index in [2.05, 4.69) is 14.9 Å². The average molecular weight is 355 g/mol. The fourth-order valence-corrected chi connectivity index (χ4v) is 2.63. The first kappa shape index (κ1) is 17.4. The van der Waals surface area contributed by atoms with Crippen LogP contribution in [0.15, 0.2) is 41.5 Å². The Balaban J connectivity index is 1.96. The lowest BCUT2D eigenvalue weighted by atomic mass is 10.1. The number of nitrogens with zero attached hydrogens (tertiary/aromatic N) is 2. The van der Waals surface area contributed by atoms with Crippen molar-refractivity contribution in [2.45, 2.75) is 12.8 Å². The maximum Gasteiger partial charge on any atom is 0.341 e. The van der Waals surface area contributed by atoms with Crippen molar-refractivity contribution in [2.75, 3.05) is 14.2 Å². The Hall–Kier alpha value is -3.42. The molecule has 1 N–H and O–H groups in total. The summed E-state index contributed by atoms with van der Waals surface area (Å²) in [5.74, 6) is -0.842. The van der Waals surface area contributed by atoms with E-state index in [-0.39, 0.29) is 22.8 Å². The van der Waals surface area contributed by atoms with E-state index in [1.165, 1.54) is 14.2 Å². The third kappa shape index (κ3) is 3.34. The topological polar surface area (TPSA) is 103 Å². The fraction of sp³-hybridized carbons (Fsp3) is 0.222. The lowest BCUT2D eigenvalue weighted by molar-refractivity contribution is -0.140. The molecule has 134 valence electrons. The van der Waals surface area contributed by atoms with E-state index < -0.39 is 5.97 Å². The molecule has 2 heterocycles. The molecule has 3 rings (SSSR count). The molecule has 0 unspecified atom stereocenters. The molecule has 8 nitrogen and oxygen atoms in total. The van der Waals surface area contributed by atoms with Crippen molar-refractivity contribution in [3.63, 3.8) is 0 Å². The first-order chi connectivity index (χ1) is 12.5. The van der Waals surface area contributed by atoms with Crippen molar-refractivity contribution in [3.8, 4) is 16.9 Å². The average Bonchev–Trinajstić information content (AvgIpc) is 3.06. The molecule has 0 atom stereocenters. The number of H-pyrrole nitrogens is 1. The van der Waals surface area contributed by atoms with Crippen LogP contribution in [0.4, 0.5) is 0 Å². The summed E-state index contributed by atoms with van der Waals surface area (Å²) < 4.78 is 11.1. The van der Waals surface area contributed by atoms with Crippen LogP contribution >= 0.6 is 0 Å². The van der Waals surface area contributed by atoms with E-state index in [4.69, 9.17) is 4.74 Å². The Labute approximate surface area is 148 Å². The number of aromatic amines is 1. The molecular formula is C18H17N3O5. The number of ether oxygens (including phenoxy) is 2. The highest BCUT2D eigenvalue weighted by molar-refractivity contribution is 5.96. The van der Waals surface area contributed by atoms with Crippen LogP contribution < -0.4 is 5.56 Å². The van der Waals surface area contributed by atoms with Gasteiger partial charge in [0.15, 0.2) is 0 Å². The second kappa shape index (κ2) is 7.22. The first-order valence-corrected chi connectivity index (χ1v) is 7.88. The highest BCUT2D eigenvalue weighted by Gasteiger charge is 2.22. The third-order valence-corrected chi connectivity index (χ3v) is 4.05. The first-order valence-electron chi connectivity index (χ1n) is 7.88. The second-order valence-electron chi connectivity index (χ2n) is 5.63. The quantitative estimate of drug-likeness (QED) is 0.697. The Morgan fingerprint density at radius 2 is 1.85 bits per heavy atom. The molecule has 0 saturated carbocycles. The highest BCUT2D eigenvalue weighted by atomic mass is 16.5. The van der Waals surface area contributed by atoms with Crippen molar-refractivity contribution in [3.05, 3.63) is 58.1 Å². The van der Waals surface area contributed by atoms with E-state index in [1.807, 2.05) is 24.3 Å². The fourth-order valence-electron chi connectivity index (χ4n) is 2.63. The second-order valence-corrected chi connectivity index (χ2v) is 5.63. The number of fused-ring (bicyclic) bond motifs is 1. The van der Waals surface area contributed by atoms with Gasteiger partial charge < -0.3 is 14.0 Å². The SMILES string of the molecule is COC(=O)CCc1ccc(-n2cc(C(=O)OC)c3n[nH]c(=O)c-3c2)cc1. The van der Waals surface area contributed by atoms with E-state index in [1.54, 1.807) is 17.0 Å². The van der Waals surface area contributed by atoms with Gasteiger partial charge in [0.05, 0.1) is 19.8 Å². The molecule has 0 saturated heterocycles. The van der Waals surface area contributed by atoms with Crippen LogP contribution in [0.2, 0.25) is 0 Å². The predicted octanol–water partition coefficient (Wildman–Crippen LogP) is 1.56. The summed E-state index contributed by atoms with van der Waals surface area (Å²) in [5.41, 5.74) is 2.10. The predicted molar refractivity (Wildman–Crippen MR) is 92.5 cm³/mol. The van der Waals surface area contributed by atoms with Gasteiger partial charge in [-0.25, -0.2) is 9.89 Å². The summed E-state index contributed by atoms with van der Waals surface area (Å²) in [5, 5.41) is 6.24. The van der Waals surface area contributed by atoms with Crippen LogP contribution in [0.5, 0.6) is 0 Å². The summed E-state index contributed by atoms with van der Waals surface area (Å²) in [6.45, 7) is 0. The monoisotopic (exact) mass is 355 g/mol. The zero-order valence-corrected chi connectivity index (χ0v) is 14.3. The molecule has 2 aliphatic rings. The molecule has 8 heteroatoms. The number of hydrogen-bond acceptors (Lipinski definition) is 6. The number of benzene rings is 1. The lowest BCUT2D eigenvalue weighted by Crippen LogP contribution is -2.11. The summed E-state index contributed by atoms with van der Waals surface area (Å²) >= 11 is 0. The van der Waals surface area contributed by atoms with Crippen molar-refractivity contribution >= 4 is 11.9 Å². The van der Waals surface area contributed by atoms with Gasteiger partial charge in [0.2, 0.25) is 0 Å². The van der Waals surface area contributed by atoms with E-state index in [0.29, 0.717) is 18.4 Å². The van der Waals surface area contributed by atoms with Gasteiger partial charge >= 0.3 is 11.9 Å².